The third-order valence-corrected chi connectivity index (χ3v) is 7.08. The van der Waals surface area contributed by atoms with Crippen LogP contribution in [0.25, 0.3) is 0 Å². The predicted octanol–water partition coefficient (Wildman–Crippen LogP) is 3.47. The summed E-state index contributed by atoms with van der Waals surface area (Å²) in [5, 5.41) is 2.25. The van der Waals surface area contributed by atoms with Gasteiger partial charge in [-0.15, -0.1) is 0 Å². The number of carbonyl (C=O) groups is 4. The molecule has 1 N–H and O–H groups in total. The summed E-state index contributed by atoms with van der Waals surface area (Å²) in [6, 6.07) is 25.3. The number of rotatable bonds is 4. The van der Waals surface area contributed by atoms with Gasteiger partial charge in [0.1, 0.15) is 0 Å². The molecule has 6 rings (SSSR count). The second kappa shape index (κ2) is 7.38. The summed E-state index contributed by atoms with van der Waals surface area (Å²) in [6.07, 6.45) is 0. The molecule has 4 unspecified atom stereocenters. The summed E-state index contributed by atoms with van der Waals surface area (Å²) in [7, 11) is 0. The highest BCUT2D eigenvalue weighted by Crippen LogP contribution is 2.55. The number of carbonyl (C=O) groups excluding carboxylic acids is 4. The highest BCUT2D eigenvalue weighted by Gasteiger charge is 2.71. The van der Waals surface area contributed by atoms with E-state index in [9.17, 15) is 19.2 Å². The van der Waals surface area contributed by atoms with Crippen molar-refractivity contribution in [3.63, 3.8) is 0 Å². The highest BCUT2D eigenvalue weighted by molar-refractivity contribution is 6.27. The third-order valence-electron chi connectivity index (χ3n) is 7.08. The number of anilines is 4. The molecule has 0 radical (unpaired) electrons. The van der Waals surface area contributed by atoms with Crippen molar-refractivity contribution in [2.45, 2.75) is 6.92 Å². The molecule has 34 heavy (non-hydrogen) atoms. The molecule has 7 heteroatoms. The first kappa shape index (κ1) is 20.4. The molecule has 3 fully saturated rings. The summed E-state index contributed by atoms with van der Waals surface area (Å²) >= 11 is 0. The lowest BCUT2D eigenvalue weighted by Crippen LogP contribution is -2.50. The second-order valence-corrected chi connectivity index (χ2v) is 8.99. The van der Waals surface area contributed by atoms with E-state index >= 15 is 0 Å². The van der Waals surface area contributed by atoms with Crippen LogP contribution in [0.1, 0.15) is 5.56 Å². The zero-order chi connectivity index (χ0) is 23.6. The van der Waals surface area contributed by atoms with Crippen LogP contribution in [0, 0.1) is 30.6 Å². The van der Waals surface area contributed by atoms with Gasteiger partial charge in [0.2, 0.25) is 23.6 Å². The molecule has 1 saturated carbocycles. The van der Waals surface area contributed by atoms with Crippen molar-refractivity contribution in [3.05, 3.63) is 84.4 Å². The van der Waals surface area contributed by atoms with Crippen LogP contribution in [0.2, 0.25) is 0 Å². The lowest BCUT2D eigenvalue weighted by molar-refractivity contribution is -0.146. The number of aryl methyl sites for hydroxylation is 1. The first-order valence-corrected chi connectivity index (χ1v) is 11.2. The molecule has 2 heterocycles. The maximum Gasteiger partial charge on any atom is 0.238 e. The minimum Gasteiger partial charge on any atom is -0.311 e. The van der Waals surface area contributed by atoms with E-state index in [1.807, 2.05) is 73.7 Å². The fourth-order valence-electron chi connectivity index (χ4n) is 5.43. The molecule has 2 saturated heterocycles. The van der Waals surface area contributed by atoms with Crippen LogP contribution in [0.3, 0.4) is 0 Å². The molecule has 1 aliphatic carbocycles. The SMILES string of the molecule is Cc1ccc(N(c2ccccc2)c2ccc(N3C(=O)C4C5C(=O)NC(=O)C5C4C3=O)cc2)cc1. The minimum atomic E-state index is -0.753. The summed E-state index contributed by atoms with van der Waals surface area (Å²) in [5.41, 5.74) is 4.42. The molecule has 168 valence electrons. The van der Waals surface area contributed by atoms with Crippen molar-refractivity contribution >= 4 is 46.4 Å². The first-order chi connectivity index (χ1) is 16.5. The topological polar surface area (TPSA) is 86.8 Å². The third kappa shape index (κ3) is 2.83. The zero-order valence-corrected chi connectivity index (χ0v) is 18.3. The van der Waals surface area contributed by atoms with Gasteiger partial charge in [0.05, 0.1) is 29.4 Å². The number of para-hydroxylation sites is 1. The van der Waals surface area contributed by atoms with Gasteiger partial charge < -0.3 is 4.90 Å². The Morgan fingerprint density at radius 3 is 1.62 bits per heavy atom. The van der Waals surface area contributed by atoms with E-state index in [-0.39, 0.29) is 0 Å². The zero-order valence-electron chi connectivity index (χ0n) is 18.3. The lowest BCUT2D eigenvalue weighted by atomic mass is 9.59. The van der Waals surface area contributed by atoms with E-state index in [0.29, 0.717) is 5.69 Å². The van der Waals surface area contributed by atoms with Crippen LogP contribution in [0.15, 0.2) is 78.9 Å². The Morgan fingerprint density at radius 1 is 0.618 bits per heavy atom. The monoisotopic (exact) mass is 451 g/mol. The van der Waals surface area contributed by atoms with Gasteiger partial charge in [-0.3, -0.25) is 29.4 Å². The molecule has 4 amide bonds. The molecule has 3 aliphatic rings. The Hall–Kier alpha value is -4.26. The van der Waals surface area contributed by atoms with E-state index in [2.05, 4.69) is 10.2 Å². The normalized spacial score (nSPS) is 25.0. The highest BCUT2D eigenvalue weighted by atomic mass is 16.2. The van der Waals surface area contributed by atoms with Crippen molar-refractivity contribution in [1.29, 1.82) is 0 Å². The van der Waals surface area contributed by atoms with Gasteiger partial charge in [-0.05, 0) is 55.5 Å². The molecule has 0 bridgehead atoms. The average Bonchev–Trinajstić information content (AvgIpc) is 3.17. The number of imide groups is 2. The maximum atomic E-state index is 13.1. The standard InChI is InChI=1S/C27H21N3O4/c1-15-7-9-17(10-8-15)29(16-5-3-2-4-6-16)18-11-13-19(14-12-18)30-26(33)22-20-21(23(22)27(30)34)25(32)28-24(20)31/h2-14,20-23H,1H3,(H,28,31,32). The number of nitrogens with zero attached hydrogens (tertiary/aromatic N) is 2. The number of hydrogen-bond donors (Lipinski definition) is 1. The molecule has 3 aromatic rings. The smallest absolute Gasteiger partial charge is 0.238 e. The average molecular weight is 451 g/mol. The maximum absolute atomic E-state index is 13.1. The van der Waals surface area contributed by atoms with Crippen molar-refractivity contribution in [2.75, 3.05) is 9.80 Å². The van der Waals surface area contributed by atoms with Gasteiger partial charge in [0.25, 0.3) is 0 Å². The number of fused-ring (bicyclic) bond motifs is 4. The molecular weight excluding hydrogens is 430 g/mol. The molecule has 0 spiro atoms. The predicted molar refractivity (Wildman–Crippen MR) is 125 cm³/mol. The summed E-state index contributed by atoms with van der Waals surface area (Å²) in [4.78, 5) is 53.5. The summed E-state index contributed by atoms with van der Waals surface area (Å²) < 4.78 is 0. The van der Waals surface area contributed by atoms with Crippen LogP contribution in [-0.4, -0.2) is 23.6 Å². The molecule has 0 aromatic heterocycles. The second-order valence-electron chi connectivity index (χ2n) is 8.99. The van der Waals surface area contributed by atoms with E-state index in [1.54, 1.807) is 12.1 Å². The van der Waals surface area contributed by atoms with Crippen LogP contribution in [-0.2, 0) is 19.2 Å². The van der Waals surface area contributed by atoms with Crippen molar-refractivity contribution in [1.82, 2.24) is 5.32 Å². The number of amides is 4. The van der Waals surface area contributed by atoms with E-state index in [1.165, 1.54) is 0 Å². The summed E-state index contributed by atoms with van der Waals surface area (Å²) in [6.45, 7) is 2.04. The number of benzene rings is 3. The quantitative estimate of drug-likeness (QED) is 0.614. The van der Waals surface area contributed by atoms with Gasteiger partial charge in [-0.1, -0.05) is 35.9 Å². The largest absolute Gasteiger partial charge is 0.311 e. The fraction of sp³-hybridized carbons (Fsp3) is 0.185. The van der Waals surface area contributed by atoms with Crippen LogP contribution < -0.4 is 15.1 Å². The van der Waals surface area contributed by atoms with Crippen molar-refractivity contribution in [2.24, 2.45) is 23.7 Å². The number of nitrogens with one attached hydrogen (secondary N) is 1. The fourth-order valence-corrected chi connectivity index (χ4v) is 5.43. The van der Waals surface area contributed by atoms with Crippen LogP contribution >= 0.6 is 0 Å². The van der Waals surface area contributed by atoms with Gasteiger partial charge in [-0.25, -0.2) is 0 Å². The van der Waals surface area contributed by atoms with Gasteiger partial charge in [0, 0.05) is 17.1 Å². The molecule has 4 atom stereocenters. The summed E-state index contributed by atoms with van der Waals surface area (Å²) in [5.74, 6) is -4.69. The Kier molecular flexibility index (Phi) is 4.42. The van der Waals surface area contributed by atoms with E-state index in [0.717, 1.165) is 27.5 Å². The van der Waals surface area contributed by atoms with Gasteiger partial charge >= 0.3 is 0 Å². The molecule has 3 aromatic carbocycles. The number of hydrogen-bond acceptors (Lipinski definition) is 5. The molecular formula is C27H21N3O4. The first-order valence-electron chi connectivity index (χ1n) is 11.2. The van der Waals surface area contributed by atoms with Crippen LogP contribution in [0.5, 0.6) is 0 Å². The molecule has 7 nitrogen and oxygen atoms in total. The van der Waals surface area contributed by atoms with E-state index in [4.69, 9.17) is 0 Å². The van der Waals surface area contributed by atoms with Crippen LogP contribution in [0.4, 0.5) is 22.7 Å². The van der Waals surface area contributed by atoms with Gasteiger partial charge in [0.15, 0.2) is 0 Å². The Balaban J connectivity index is 1.33. The van der Waals surface area contributed by atoms with Crippen molar-refractivity contribution in [3.8, 4) is 0 Å². The van der Waals surface area contributed by atoms with E-state index < -0.39 is 47.3 Å². The lowest BCUT2D eigenvalue weighted by Gasteiger charge is -2.36. The Morgan fingerprint density at radius 2 is 1.09 bits per heavy atom. The van der Waals surface area contributed by atoms with Crippen molar-refractivity contribution < 1.29 is 19.2 Å². The minimum absolute atomic E-state index is 0.410. The Bertz CT molecular complexity index is 1300. The van der Waals surface area contributed by atoms with Gasteiger partial charge in [-0.2, -0.15) is 0 Å². The Labute approximate surface area is 196 Å². The molecule has 2 aliphatic heterocycles.